The molecular weight excluding hydrogens is 608 g/mol. The topological polar surface area (TPSA) is 100 Å². The fourth-order valence-electron chi connectivity index (χ4n) is 5.92. The number of aromatic nitrogens is 2. The average molecular weight is 646 g/mol. The number of hydrogen-bond acceptors (Lipinski definition) is 4. The molecule has 238 valence electrons. The largest absolute Gasteiger partial charge is 0.222 e. The lowest BCUT2D eigenvalue weighted by Crippen LogP contribution is -2.68. The lowest BCUT2D eigenvalue weighted by atomic mass is 9.98. The quantitative estimate of drug-likeness (QED) is 0.176. The standard InChI is InChI=1S/C40H38N2.ClHO4/c1-41-37(33-19-7-3-8-20-33)27-31(28-38(41)34-21-9-4-10-22-34)17-15-16-18-32-29-39(35-23-11-5-12-24-35)42(2)40(30-32)36-25-13-6-14-26-36;2-1(3,4)5/h3-14,19-30H,15-18H2,1-2H3;(H,2,3,4,5)/q+2;/p-1. The van der Waals surface area contributed by atoms with Crippen LogP contribution in [-0.2, 0) is 26.9 Å². The number of unbranched alkanes of at least 4 members (excludes halogenated alkanes) is 1. The summed E-state index contributed by atoms with van der Waals surface area (Å²) in [6.07, 6.45) is 4.38. The Morgan fingerprint density at radius 2 is 0.617 bits per heavy atom. The number of hydrogen-bond donors (Lipinski definition) is 0. The van der Waals surface area contributed by atoms with E-state index in [9.17, 15) is 0 Å². The van der Waals surface area contributed by atoms with Crippen molar-refractivity contribution in [2.45, 2.75) is 25.7 Å². The van der Waals surface area contributed by atoms with Gasteiger partial charge in [0.2, 0.25) is 22.8 Å². The van der Waals surface area contributed by atoms with Crippen LogP contribution in [0, 0.1) is 10.2 Å². The maximum Gasteiger partial charge on any atom is 0.213 e. The number of halogens is 1. The zero-order valence-corrected chi connectivity index (χ0v) is 27.3. The van der Waals surface area contributed by atoms with Crippen molar-refractivity contribution in [1.29, 1.82) is 0 Å². The normalized spacial score (nSPS) is 11.1. The predicted molar refractivity (Wildman–Crippen MR) is 174 cm³/mol. The van der Waals surface area contributed by atoms with Crippen LogP contribution in [0.4, 0.5) is 0 Å². The van der Waals surface area contributed by atoms with Crippen LogP contribution < -0.4 is 27.8 Å². The summed E-state index contributed by atoms with van der Waals surface area (Å²) in [5.41, 5.74) is 12.8. The number of aryl methyl sites for hydroxylation is 2. The van der Waals surface area contributed by atoms with E-state index in [1.54, 1.807) is 0 Å². The van der Waals surface area contributed by atoms with Crippen molar-refractivity contribution in [3.63, 3.8) is 0 Å². The lowest BCUT2D eigenvalue weighted by molar-refractivity contribution is -2.00. The van der Waals surface area contributed by atoms with E-state index in [0.29, 0.717) is 0 Å². The molecule has 0 aliphatic carbocycles. The van der Waals surface area contributed by atoms with Crippen molar-refractivity contribution >= 4 is 0 Å². The van der Waals surface area contributed by atoms with Gasteiger partial charge in [0.05, 0.1) is 0 Å². The second-order valence-corrected chi connectivity index (χ2v) is 12.2. The van der Waals surface area contributed by atoms with Gasteiger partial charge in [0, 0.05) is 46.5 Å². The number of pyridine rings is 2. The first-order valence-corrected chi connectivity index (χ1v) is 16.8. The Labute approximate surface area is 278 Å². The fourth-order valence-corrected chi connectivity index (χ4v) is 5.92. The van der Waals surface area contributed by atoms with E-state index in [1.807, 2.05) is 0 Å². The highest BCUT2D eigenvalue weighted by atomic mass is 35.7. The minimum Gasteiger partial charge on any atom is -0.222 e. The molecule has 0 saturated heterocycles. The zero-order chi connectivity index (χ0) is 33.2. The summed E-state index contributed by atoms with van der Waals surface area (Å²) in [6, 6.07) is 52.5. The molecule has 0 saturated carbocycles. The van der Waals surface area contributed by atoms with Crippen molar-refractivity contribution in [3.05, 3.63) is 157 Å². The molecule has 0 bridgehead atoms. The van der Waals surface area contributed by atoms with Crippen LogP contribution >= 0.6 is 0 Å². The first-order chi connectivity index (χ1) is 22.7. The molecule has 6 rings (SSSR count). The maximum absolute atomic E-state index is 8.49. The monoisotopic (exact) mass is 645 g/mol. The molecule has 0 unspecified atom stereocenters. The molecule has 6 aromatic rings. The van der Waals surface area contributed by atoms with Crippen LogP contribution in [0.5, 0.6) is 0 Å². The Kier molecular flexibility index (Phi) is 11.3. The SMILES string of the molecule is C[n+]1c(-c2ccccc2)cc(CCCCc2cc(-c3ccccc3)[n+](C)c(-c3ccccc3)c2)cc1-c1ccccc1.[O-][Cl+3]([O-])([O-])[O-]. The van der Waals surface area contributed by atoms with Crippen molar-refractivity contribution in [2.75, 3.05) is 0 Å². The van der Waals surface area contributed by atoms with E-state index in [-0.39, 0.29) is 0 Å². The molecule has 2 aromatic heterocycles. The first-order valence-electron chi connectivity index (χ1n) is 15.6. The summed E-state index contributed by atoms with van der Waals surface area (Å²) in [5, 5.41) is 0. The van der Waals surface area contributed by atoms with Gasteiger partial charge in [-0.15, -0.1) is 10.2 Å². The van der Waals surface area contributed by atoms with Gasteiger partial charge in [-0.1, -0.05) is 72.8 Å². The van der Waals surface area contributed by atoms with Crippen molar-refractivity contribution in [2.24, 2.45) is 14.1 Å². The summed E-state index contributed by atoms with van der Waals surface area (Å²) in [7, 11) is -0.586. The van der Waals surface area contributed by atoms with E-state index < -0.39 is 10.2 Å². The summed E-state index contributed by atoms with van der Waals surface area (Å²) < 4.78 is 38.6. The molecule has 0 N–H and O–H groups in total. The molecule has 4 aromatic carbocycles. The Morgan fingerprint density at radius 3 is 0.830 bits per heavy atom. The van der Waals surface area contributed by atoms with Crippen LogP contribution in [-0.4, -0.2) is 0 Å². The average Bonchev–Trinajstić information content (AvgIpc) is 3.08. The first kappa shape index (κ1) is 33.7. The molecule has 2 heterocycles. The van der Waals surface area contributed by atoms with E-state index in [4.69, 9.17) is 18.6 Å². The van der Waals surface area contributed by atoms with Crippen molar-refractivity contribution in [1.82, 2.24) is 0 Å². The number of rotatable bonds is 9. The van der Waals surface area contributed by atoms with Crippen LogP contribution in [0.2, 0.25) is 0 Å². The number of nitrogens with zero attached hydrogens (tertiary/aromatic N) is 2. The van der Waals surface area contributed by atoms with Gasteiger partial charge in [-0.25, -0.2) is 18.6 Å². The molecular formula is C40H38ClN2O4+. The van der Waals surface area contributed by atoms with E-state index in [0.717, 1.165) is 25.7 Å². The smallest absolute Gasteiger partial charge is 0.213 e. The summed E-state index contributed by atoms with van der Waals surface area (Å²) in [5.74, 6) is 0. The van der Waals surface area contributed by atoms with Crippen molar-refractivity contribution in [3.8, 4) is 45.0 Å². The number of benzene rings is 4. The third-order valence-corrected chi connectivity index (χ3v) is 8.19. The molecule has 0 radical (unpaired) electrons. The van der Waals surface area contributed by atoms with E-state index in [1.165, 1.54) is 56.2 Å². The molecule has 0 fully saturated rings. The maximum atomic E-state index is 8.49. The van der Waals surface area contributed by atoms with Gasteiger partial charge in [-0.2, -0.15) is 9.13 Å². The Bertz CT molecular complexity index is 1620. The summed E-state index contributed by atoms with van der Waals surface area (Å²) in [4.78, 5) is 0. The van der Waals surface area contributed by atoms with Gasteiger partial charge in [0.1, 0.15) is 14.1 Å². The van der Waals surface area contributed by atoms with Crippen LogP contribution in [0.1, 0.15) is 24.0 Å². The minimum absolute atomic E-state index is 1.05. The fraction of sp³-hybridized carbons (Fsp3) is 0.150. The van der Waals surface area contributed by atoms with E-state index in [2.05, 4.69) is 169 Å². The van der Waals surface area contributed by atoms with Gasteiger partial charge < -0.3 is 0 Å². The van der Waals surface area contributed by atoms with Gasteiger partial charge >= 0.3 is 0 Å². The predicted octanol–water partition coefficient (Wildman–Crippen LogP) is 3.81. The minimum atomic E-state index is -4.94. The van der Waals surface area contributed by atoms with Crippen LogP contribution in [0.15, 0.2) is 146 Å². The molecule has 0 aliphatic rings. The molecule has 0 amide bonds. The molecule has 47 heavy (non-hydrogen) atoms. The third-order valence-electron chi connectivity index (χ3n) is 8.19. The molecule has 7 heteroatoms. The second-order valence-electron chi connectivity index (χ2n) is 11.4. The summed E-state index contributed by atoms with van der Waals surface area (Å²) in [6.45, 7) is 0. The highest BCUT2D eigenvalue weighted by molar-refractivity contribution is 5.64. The second kappa shape index (κ2) is 15.7. The summed E-state index contributed by atoms with van der Waals surface area (Å²) >= 11 is 0. The molecule has 6 nitrogen and oxygen atoms in total. The van der Waals surface area contributed by atoms with E-state index >= 15 is 0 Å². The Balaban J connectivity index is 0.000000807. The third kappa shape index (κ3) is 9.42. The molecule has 0 spiro atoms. The van der Waals surface area contributed by atoms with Crippen molar-refractivity contribution < 1.29 is 38.0 Å². The van der Waals surface area contributed by atoms with Gasteiger partial charge in [-0.05, 0) is 85.3 Å². The Morgan fingerprint density at radius 1 is 0.404 bits per heavy atom. The van der Waals surface area contributed by atoms with Crippen LogP contribution in [0.25, 0.3) is 45.0 Å². The van der Waals surface area contributed by atoms with Gasteiger partial charge in [0.25, 0.3) is 0 Å². The van der Waals surface area contributed by atoms with Gasteiger partial charge in [0.15, 0.2) is 0 Å². The zero-order valence-electron chi connectivity index (χ0n) is 26.6. The Hall–Kier alpha value is -4.69. The van der Waals surface area contributed by atoms with Gasteiger partial charge in [-0.3, -0.25) is 0 Å². The van der Waals surface area contributed by atoms with Crippen LogP contribution in [0.3, 0.4) is 0 Å². The molecule has 0 aliphatic heterocycles. The highest BCUT2D eigenvalue weighted by Gasteiger charge is 2.20. The lowest BCUT2D eigenvalue weighted by Gasteiger charge is -2.17. The molecule has 0 atom stereocenters. The highest BCUT2D eigenvalue weighted by Crippen LogP contribution is 2.26.